The van der Waals surface area contributed by atoms with Crippen molar-refractivity contribution in [3.05, 3.63) is 33.8 Å². The van der Waals surface area contributed by atoms with Crippen molar-refractivity contribution in [1.29, 1.82) is 0 Å². The highest BCUT2D eigenvalue weighted by Crippen LogP contribution is 2.52. The molecule has 3 aliphatic rings. The van der Waals surface area contributed by atoms with Crippen LogP contribution in [0.1, 0.15) is 41.6 Å². The molecule has 1 N–H and O–H groups in total. The summed E-state index contributed by atoms with van der Waals surface area (Å²) in [6.45, 7) is -2.24. The van der Waals surface area contributed by atoms with E-state index in [1.165, 1.54) is 0 Å². The number of ether oxygens (including phenoxy) is 1. The quantitative estimate of drug-likeness (QED) is 0.784. The Hall–Kier alpha value is -1.54. The number of rotatable bonds is 5. The van der Waals surface area contributed by atoms with E-state index in [9.17, 15) is 18.4 Å². The summed E-state index contributed by atoms with van der Waals surface area (Å²) in [6.07, 6.45) is 2.28. The molecule has 0 aromatic heterocycles. The van der Waals surface area contributed by atoms with Crippen molar-refractivity contribution >= 4 is 27.7 Å². The molecule has 0 atom stereocenters. The first-order valence-electron chi connectivity index (χ1n) is 8.69. The average molecular weight is 429 g/mol. The number of amides is 2. The van der Waals surface area contributed by atoms with Gasteiger partial charge in [-0.1, -0.05) is 15.9 Å². The molecule has 1 heterocycles. The summed E-state index contributed by atoms with van der Waals surface area (Å²) in [7, 11) is 0. The molecule has 0 saturated heterocycles. The molecule has 1 aromatic carbocycles. The number of nitrogens with one attached hydrogen (secondary N) is 1. The maximum absolute atomic E-state index is 12.7. The number of nitrogens with zero attached hydrogens (tertiary/aromatic N) is 1. The molecular weight excluding hydrogens is 410 g/mol. The molecule has 5 nitrogen and oxygen atoms in total. The summed E-state index contributed by atoms with van der Waals surface area (Å²) in [5.41, 5.74) is 1.71. The van der Waals surface area contributed by atoms with Crippen molar-refractivity contribution in [1.82, 2.24) is 10.2 Å². The lowest BCUT2D eigenvalue weighted by Gasteiger charge is -2.37. The molecule has 4 rings (SSSR count). The van der Waals surface area contributed by atoms with Crippen molar-refractivity contribution in [2.45, 2.75) is 49.9 Å². The molecule has 26 heavy (non-hydrogen) atoms. The lowest BCUT2D eigenvalue weighted by Crippen LogP contribution is -2.53. The van der Waals surface area contributed by atoms with E-state index in [1.807, 2.05) is 18.2 Å². The van der Waals surface area contributed by atoms with Gasteiger partial charge in [0.1, 0.15) is 0 Å². The van der Waals surface area contributed by atoms with Gasteiger partial charge in [0.25, 0.3) is 5.91 Å². The second kappa shape index (κ2) is 6.56. The zero-order chi connectivity index (χ0) is 18.5. The number of hydrogen-bond acceptors (Lipinski definition) is 3. The van der Waals surface area contributed by atoms with Crippen LogP contribution in [0.5, 0.6) is 0 Å². The molecule has 0 bridgehead atoms. The molecule has 1 spiro atoms. The van der Waals surface area contributed by atoms with Gasteiger partial charge in [-0.15, -0.1) is 0 Å². The number of carbonyl (C=O) groups excluding carboxylic acids is 2. The SMILES string of the molecule is O=C(CN1CC2(CC2)c2cc(Br)ccc2C1=O)NC1CC(OC(F)F)C1. The molecule has 0 unspecified atom stereocenters. The highest BCUT2D eigenvalue weighted by molar-refractivity contribution is 9.10. The second-order valence-corrected chi connectivity index (χ2v) is 8.30. The largest absolute Gasteiger partial charge is 0.352 e. The van der Waals surface area contributed by atoms with Crippen LogP contribution in [0, 0.1) is 0 Å². The molecule has 8 heteroatoms. The van der Waals surface area contributed by atoms with Gasteiger partial charge in [0.15, 0.2) is 0 Å². The first kappa shape index (κ1) is 17.9. The van der Waals surface area contributed by atoms with Crippen molar-refractivity contribution < 1.29 is 23.1 Å². The first-order chi connectivity index (χ1) is 12.4. The van der Waals surface area contributed by atoms with E-state index in [-0.39, 0.29) is 29.8 Å². The molecule has 2 fully saturated rings. The molecule has 140 valence electrons. The summed E-state index contributed by atoms with van der Waals surface area (Å²) in [5, 5.41) is 2.80. The lowest BCUT2D eigenvalue weighted by molar-refractivity contribution is -0.185. The predicted molar refractivity (Wildman–Crippen MR) is 93.0 cm³/mol. The van der Waals surface area contributed by atoms with E-state index >= 15 is 0 Å². The Kier molecular flexibility index (Phi) is 4.51. The zero-order valence-electron chi connectivity index (χ0n) is 14.0. The summed E-state index contributed by atoms with van der Waals surface area (Å²) >= 11 is 3.46. The molecule has 2 aliphatic carbocycles. The van der Waals surface area contributed by atoms with Crippen molar-refractivity contribution in [2.75, 3.05) is 13.1 Å². The van der Waals surface area contributed by atoms with Crippen molar-refractivity contribution in [3.63, 3.8) is 0 Å². The number of fused-ring (bicyclic) bond motifs is 2. The minimum absolute atomic E-state index is 0.00699. The zero-order valence-corrected chi connectivity index (χ0v) is 15.6. The maximum atomic E-state index is 12.7. The molecule has 1 aliphatic heterocycles. The van der Waals surface area contributed by atoms with Gasteiger partial charge in [-0.05, 0) is 49.4 Å². The third-order valence-electron chi connectivity index (χ3n) is 5.51. The fraction of sp³-hybridized carbons (Fsp3) is 0.556. The van der Waals surface area contributed by atoms with Gasteiger partial charge < -0.3 is 15.0 Å². The monoisotopic (exact) mass is 428 g/mol. The van der Waals surface area contributed by atoms with Crippen molar-refractivity contribution in [3.8, 4) is 0 Å². The van der Waals surface area contributed by atoms with Crippen LogP contribution in [0.15, 0.2) is 22.7 Å². The first-order valence-corrected chi connectivity index (χ1v) is 9.48. The van der Waals surface area contributed by atoms with Gasteiger partial charge in [-0.2, -0.15) is 8.78 Å². The summed E-state index contributed by atoms with van der Waals surface area (Å²) in [4.78, 5) is 26.6. The fourth-order valence-corrected chi connectivity index (χ4v) is 4.29. The Morgan fingerprint density at radius 2 is 2.12 bits per heavy atom. The molecule has 1 aromatic rings. The average Bonchev–Trinajstić information content (AvgIpc) is 3.30. The minimum Gasteiger partial charge on any atom is -0.352 e. The summed E-state index contributed by atoms with van der Waals surface area (Å²) in [5.74, 6) is -0.386. The Morgan fingerprint density at radius 1 is 1.38 bits per heavy atom. The number of carbonyl (C=O) groups is 2. The fourth-order valence-electron chi connectivity index (χ4n) is 3.93. The van der Waals surface area contributed by atoms with E-state index < -0.39 is 12.7 Å². The van der Waals surface area contributed by atoms with Crippen LogP contribution < -0.4 is 5.32 Å². The predicted octanol–water partition coefficient (Wildman–Crippen LogP) is 2.82. The van der Waals surface area contributed by atoms with Crippen LogP contribution in [0.2, 0.25) is 0 Å². The van der Waals surface area contributed by atoms with Gasteiger partial charge in [0.05, 0.1) is 12.6 Å². The van der Waals surface area contributed by atoms with Gasteiger partial charge in [-0.3, -0.25) is 9.59 Å². The normalized spacial score (nSPS) is 25.8. The van der Waals surface area contributed by atoms with E-state index in [0.717, 1.165) is 22.9 Å². The third kappa shape index (κ3) is 3.36. The molecular formula is C18H19BrF2N2O3. The van der Waals surface area contributed by atoms with Crippen LogP contribution in [0.3, 0.4) is 0 Å². The summed E-state index contributed by atoms with van der Waals surface area (Å²) in [6, 6.07) is 5.50. The molecule has 2 saturated carbocycles. The Labute approximate surface area is 158 Å². The van der Waals surface area contributed by atoms with E-state index in [1.54, 1.807) is 4.90 Å². The lowest BCUT2D eigenvalue weighted by atomic mass is 9.86. The van der Waals surface area contributed by atoms with E-state index in [2.05, 4.69) is 26.0 Å². The van der Waals surface area contributed by atoms with Gasteiger partial charge in [0.2, 0.25) is 5.91 Å². The highest BCUT2D eigenvalue weighted by Gasteiger charge is 2.51. The van der Waals surface area contributed by atoms with Gasteiger partial charge in [0, 0.05) is 28.0 Å². The van der Waals surface area contributed by atoms with Crippen LogP contribution in [-0.4, -0.2) is 48.6 Å². The highest BCUT2D eigenvalue weighted by atomic mass is 79.9. The standard InChI is InChI=1S/C18H19BrF2N2O3/c19-10-1-2-13-14(5-10)18(3-4-18)9-23(16(13)25)8-15(24)22-11-6-12(7-11)26-17(20)21/h1-2,5,11-12,17H,3-4,6-9H2,(H,22,24). The van der Waals surface area contributed by atoms with Crippen LogP contribution in [-0.2, 0) is 14.9 Å². The topological polar surface area (TPSA) is 58.6 Å². The number of halogens is 3. The van der Waals surface area contributed by atoms with Gasteiger partial charge in [-0.25, -0.2) is 0 Å². The Morgan fingerprint density at radius 3 is 2.77 bits per heavy atom. The van der Waals surface area contributed by atoms with Crippen LogP contribution >= 0.6 is 15.9 Å². The van der Waals surface area contributed by atoms with E-state index in [4.69, 9.17) is 0 Å². The molecule has 0 radical (unpaired) electrons. The number of benzene rings is 1. The summed E-state index contributed by atoms with van der Waals surface area (Å²) < 4.78 is 29.6. The molecule has 2 amide bonds. The Balaban J connectivity index is 1.37. The van der Waals surface area contributed by atoms with Crippen LogP contribution in [0.4, 0.5) is 8.78 Å². The second-order valence-electron chi connectivity index (χ2n) is 7.39. The maximum Gasteiger partial charge on any atom is 0.345 e. The third-order valence-corrected chi connectivity index (χ3v) is 6.00. The minimum atomic E-state index is -2.78. The van der Waals surface area contributed by atoms with Crippen LogP contribution in [0.25, 0.3) is 0 Å². The van der Waals surface area contributed by atoms with Gasteiger partial charge >= 0.3 is 6.61 Å². The number of hydrogen-bond donors (Lipinski definition) is 1. The van der Waals surface area contributed by atoms with Crippen molar-refractivity contribution in [2.24, 2.45) is 0 Å². The van der Waals surface area contributed by atoms with E-state index in [0.29, 0.717) is 24.9 Å². The smallest absolute Gasteiger partial charge is 0.345 e. The number of alkyl halides is 2. The Bertz CT molecular complexity index is 748.